The summed E-state index contributed by atoms with van der Waals surface area (Å²) in [6.45, 7) is 15.8. The molecule has 124 valence electrons. The average Bonchev–Trinajstić information content (AvgIpc) is 2.44. The first kappa shape index (κ1) is 17.3. The maximum atomic E-state index is 6.00. The molecule has 1 saturated heterocycles. The average molecular weight is 303 g/mol. The van der Waals surface area contributed by atoms with Crippen LogP contribution in [0, 0.1) is 12.8 Å². The van der Waals surface area contributed by atoms with Crippen molar-refractivity contribution >= 4 is 0 Å². The van der Waals surface area contributed by atoms with Crippen LogP contribution in [0.5, 0.6) is 5.75 Å². The van der Waals surface area contributed by atoms with Gasteiger partial charge < -0.3 is 9.64 Å². The van der Waals surface area contributed by atoms with Crippen molar-refractivity contribution in [3.63, 3.8) is 0 Å². The zero-order chi connectivity index (χ0) is 16.2. The van der Waals surface area contributed by atoms with Crippen molar-refractivity contribution < 1.29 is 4.74 Å². The van der Waals surface area contributed by atoms with E-state index in [-0.39, 0.29) is 5.41 Å². The number of hydrogen-bond donors (Lipinski definition) is 0. The maximum Gasteiger partial charge on any atom is 0.122 e. The van der Waals surface area contributed by atoms with Gasteiger partial charge in [-0.1, -0.05) is 39.8 Å². The minimum Gasteiger partial charge on any atom is -0.493 e. The normalized spacial score (nSPS) is 20.1. The molecule has 2 rings (SSSR count). The highest BCUT2D eigenvalue weighted by Crippen LogP contribution is 2.27. The Bertz CT molecular complexity index is 475. The lowest BCUT2D eigenvalue weighted by atomic mass is 9.86. The first-order chi connectivity index (χ1) is 10.4. The van der Waals surface area contributed by atoms with E-state index in [1.165, 1.54) is 43.6 Å². The highest BCUT2D eigenvalue weighted by Gasteiger charge is 2.16. The summed E-state index contributed by atoms with van der Waals surface area (Å²) < 4.78 is 6.00. The lowest BCUT2D eigenvalue weighted by Crippen LogP contribution is -2.35. The van der Waals surface area contributed by atoms with E-state index in [2.05, 4.69) is 57.7 Å². The minimum absolute atomic E-state index is 0.203. The number of likely N-dealkylation sites (tertiary alicyclic amines) is 1. The highest BCUT2D eigenvalue weighted by atomic mass is 16.5. The summed E-state index contributed by atoms with van der Waals surface area (Å²) in [6, 6.07) is 6.61. The van der Waals surface area contributed by atoms with Crippen molar-refractivity contribution in [2.45, 2.75) is 59.3 Å². The van der Waals surface area contributed by atoms with Crippen LogP contribution in [0.1, 0.15) is 58.1 Å². The van der Waals surface area contributed by atoms with Gasteiger partial charge in [0, 0.05) is 13.1 Å². The van der Waals surface area contributed by atoms with Gasteiger partial charge in [-0.25, -0.2) is 0 Å². The van der Waals surface area contributed by atoms with E-state index in [0.29, 0.717) is 0 Å². The Morgan fingerprint density at radius 1 is 1.27 bits per heavy atom. The van der Waals surface area contributed by atoms with Crippen molar-refractivity contribution in [3.05, 3.63) is 29.3 Å². The van der Waals surface area contributed by atoms with Crippen LogP contribution in [0.4, 0.5) is 0 Å². The van der Waals surface area contributed by atoms with Gasteiger partial charge >= 0.3 is 0 Å². The van der Waals surface area contributed by atoms with Gasteiger partial charge in [-0.2, -0.15) is 0 Å². The quantitative estimate of drug-likeness (QED) is 0.725. The van der Waals surface area contributed by atoms with E-state index in [1.54, 1.807) is 0 Å². The smallest absolute Gasteiger partial charge is 0.122 e. The second-order valence-corrected chi connectivity index (χ2v) is 7.98. The van der Waals surface area contributed by atoms with E-state index in [9.17, 15) is 0 Å². The summed E-state index contributed by atoms with van der Waals surface area (Å²) in [5.74, 6) is 1.90. The van der Waals surface area contributed by atoms with Crippen LogP contribution < -0.4 is 4.74 Å². The summed E-state index contributed by atoms with van der Waals surface area (Å²) >= 11 is 0. The largest absolute Gasteiger partial charge is 0.493 e. The molecule has 22 heavy (non-hydrogen) atoms. The van der Waals surface area contributed by atoms with E-state index < -0.39 is 0 Å². The van der Waals surface area contributed by atoms with Gasteiger partial charge in [0.15, 0.2) is 0 Å². The maximum absolute atomic E-state index is 6.00. The molecule has 2 heteroatoms. The molecule has 0 N–H and O–H groups in total. The van der Waals surface area contributed by atoms with Crippen molar-refractivity contribution in [1.29, 1.82) is 0 Å². The topological polar surface area (TPSA) is 12.5 Å². The first-order valence-electron chi connectivity index (χ1n) is 8.82. The molecule has 1 aliphatic rings. The van der Waals surface area contributed by atoms with Crippen LogP contribution in [-0.2, 0) is 5.41 Å². The Labute approximate surface area is 136 Å². The summed E-state index contributed by atoms with van der Waals surface area (Å²) in [5.41, 5.74) is 2.83. The molecule has 2 nitrogen and oxygen atoms in total. The number of hydrogen-bond acceptors (Lipinski definition) is 2. The van der Waals surface area contributed by atoms with Crippen LogP contribution >= 0.6 is 0 Å². The molecule has 1 atom stereocenters. The predicted molar refractivity (Wildman–Crippen MR) is 94.8 cm³/mol. The lowest BCUT2D eigenvalue weighted by molar-refractivity contribution is 0.170. The minimum atomic E-state index is 0.203. The van der Waals surface area contributed by atoms with Gasteiger partial charge in [0.05, 0.1) is 6.61 Å². The molecule has 0 spiro atoms. The van der Waals surface area contributed by atoms with Crippen molar-refractivity contribution in [3.8, 4) is 5.75 Å². The van der Waals surface area contributed by atoms with E-state index in [4.69, 9.17) is 4.74 Å². The fraction of sp³-hybridized carbons (Fsp3) is 0.700. The standard InChI is InChI=1S/C20H33NO/c1-16-8-6-11-21(15-16)12-7-13-22-19-10-9-18(14-17(19)2)20(3,4)5/h9-10,14,16H,6-8,11-13,15H2,1-5H3/t16-/m0/s1. The Hall–Kier alpha value is -1.02. The molecule has 1 fully saturated rings. The van der Waals surface area contributed by atoms with Gasteiger partial charge in [-0.05, 0) is 61.3 Å². The van der Waals surface area contributed by atoms with Crippen molar-refractivity contribution in [2.75, 3.05) is 26.2 Å². The molecular formula is C20H33NO. The number of rotatable bonds is 5. The molecule has 0 aromatic heterocycles. The summed E-state index contributed by atoms with van der Waals surface area (Å²) in [4.78, 5) is 2.59. The van der Waals surface area contributed by atoms with E-state index in [0.717, 1.165) is 24.7 Å². The summed E-state index contributed by atoms with van der Waals surface area (Å²) in [6.07, 6.45) is 3.87. The highest BCUT2D eigenvalue weighted by molar-refractivity contribution is 5.38. The molecule has 1 heterocycles. The van der Waals surface area contributed by atoms with Gasteiger partial charge in [-0.3, -0.25) is 0 Å². The van der Waals surface area contributed by atoms with Crippen molar-refractivity contribution in [1.82, 2.24) is 4.90 Å². The Morgan fingerprint density at radius 2 is 2.05 bits per heavy atom. The van der Waals surface area contributed by atoms with E-state index >= 15 is 0 Å². The molecule has 0 amide bonds. The molecule has 1 aliphatic heterocycles. The van der Waals surface area contributed by atoms with Crippen LogP contribution in [0.15, 0.2) is 18.2 Å². The zero-order valence-electron chi connectivity index (χ0n) is 15.1. The first-order valence-corrected chi connectivity index (χ1v) is 8.82. The fourth-order valence-corrected chi connectivity index (χ4v) is 3.24. The van der Waals surface area contributed by atoms with E-state index in [1.807, 2.05) is 0 Å². The third kappa shape index (κ3) is 5.01. The molecule has 0 aliphatic carbocycles. The summed E-state index contributed by atoms with van der Waals surface area (Å²) in [5, 5.41) is 0. The lowest BCUT2D eigenvalue weighted by Gasteiger charge is -2.30. The van der Waals surface area contributed by atoms with Gasteiger partial charge in [0.25, 0.3) is 0 Å². The molecule has 1 aromatic rings. The molecule has 0 radical (unpaired) electrons. The Morgan fingerprint density at radius 3 is 2.68 bits per heavy atom. The molecule has 0 bridgehead atoms. The van der Waals surface area contributed by atoms with Crippen molar-refractivity contribution in [2.24, 2.45) is 5.92 Å². The fourth-order valence-electron chi connectivity index (χ4n) is 3.24. The molecule has 1 aromatic carbocycles. The predicted octanol–water partition coefficient (Wildman–Crippen LogP) is 4.79. The third-order valence-corrected chi connectivity index (χ3v) is 4.66. The van der Waals surface area contributed by atoms with Crippen LogP contribution in [0.25, 0.3) is 0 Å². The number of nitrogens with zero attached hydrogens (tertiary/aromatic N) is 1. The van der Waals surface area contributed by atoms with Crippen LogP contribution in [0.2, 0.25) is 0 Å². The summed E-state index contributed by atoms with van der Waals surface area (Å²) in [7, 11) is 0. The SMILES string of the molecule is Cc1cc(C(C)(C)C)ccc1OCCCN1CCC[C@H](C)C1. The van der Waals surface area contributed by atoms with Gasteiger partial charge in [0.1, 0.15) is 5.75 Å². The number of piperidine rings is 1. The molecular weight excluding hydrogens is 270 g/mol. The molecule has 0 saturated carbocycles. The monoisotopic (exact) mass is 303 g/mol. The Kier molecular flexibility index (Phi) is 5.91. The number of aryl methyl sites for hydroxylation is 1. The molecule has 0 unspecified atom stereocenters. The van der Waals surface area contributed by atoms with Crippen LogP contribution in [-0.4, -0.2) is 31.1 Å². The second kappa shape index (κ2) is 7.50. The number of benzene rings is 1. The zero-order valence-corrected chi connectivity index (χ0v) is 15.1. The second-order valence-electron chi connectivity index (χ2n) is 7.98. The third-order valence-electron chi connectivity index (χ3n) is 4.66. The van der Waals surface area contributed by atoms with Gasteiger partial charge in [-0.15, -0.1) is 0 Å². The van der Waals surface area contributed by atoms with Crippen LogP contribution in [0.3, 0.4) is 0 Å². The van der Waals surface area contributed by atoms with Gasteiger partial charge in [0.2, 0.25) is 0 Å². The number of ether oxygens (including phenoxy) is 1. The Balaban J connectivity index is 1.77.